The first kappa shape index (κ1) is 10.6. The molecule has 0 heterocycles. The smallest absolute Gasteiger partial charge is 0.339 e. The van der Waals surface area contributed by atoms with Gasteiger partial charge in [0.2, 0.25) is 0 Å². The van der Waals surface area contributed by atoms with E-state index in [1.807, 2.05) is 12.1 Å². The second-order valence-corrected chi connectivity index (χ2v) is 3.63. The SMILES string of the molecule is COC(=O)c1cc(CS)ccc1Br. The molecule has 0 fully saturated rings. The van der Waals surface area contributed by atoms with Crippen molar-refractivity contribution >= 4 is 34.5 Å². The average Bonchev–Trinajstić information content (AvgIpc) is 2.17. The molecule has 0 spiro atoms. The highest BCUT2D eigenvalue weighted by Crippen LogP contribution is 2.19. The van der Waals surface area contributed by atoms with Crippen molar-refractivity contribution in [2.45, 2.75) is 5.75 Å². The first-order valence-electron chi connectivity index (χ1n) is 3.66. The van der Waals surface area contributed by atoms with E-state index in [-0.39, 0.29) is 5.97 Å². The van der Waals surface area contributed by atoms with Crippen LogP contribution in [0.1, 0.15) is 15.9 Å². The van der Waals surface area contributed by atoms with Crippen molar-refractivity contribution in [3.63, 3.8) is 0 Å². The molecule has 13 heavy (non-hydrogen) atoms. The van der Waals surface area contributed by atoms with Gasteiger partial charge in [-0.15, -0.1) is 0 Å². The first-order chi connectivity index (χ1) is 6.19. The number of esters is 1. The zero-order valence-corrected chi connectivity index (χ0v) is 9.56. The molecule has 2 nitrogen and oxygen atoms in total. The number of ether oxygens (including phenoxy) is 1. The van der Waals surface area contributed by atoms with Crippen LogP contribution in [0.15, 0.2) is 22.7 Å². The summed E-state index contributed by atoms with van der Waals surface area (Å²) in [7, 11) is 1.36. The number of hydrogen-bond donors (Lipinski definition) is 1. The van der Waals surface area contributed by atoms with Gasteiger partial charge in [-0.2, -0.15) is 12.6 Å². The van der Waals surface area contributed by atoms with Crippen LogP contribution in [0.25, 0.3) is 0 Å². The second kappa shape index (κ2) is 4.67. The van der Waals surface area contributed by atoms with Crippen LogP contribution in [0, 0.1) is 0 Å². The lowest BCUT2D eigenvalue weighted by Crippen LogP contribution is -2.02. The average molecular weight is 261 g/mol. The van der Waals surface area contributed by atoms with E-state index in [1.165, 1.54) is 7.11 Å². The zero-order chi connectivity index (χ0) is 9.84. The van der Waals surface area contributed by atoms with Crippen molar-refractivity contribution in [3.8, 4) is 0 Å². The van der Waals surface area contributed by atoms with E-state index in [9.17, 15) is 4.79 Å². The van der Waals surface area contributed by atoms with E-state index >= 15 is 0 Å². The lowest BCUT2D eigenvalue weighted by molar-refractivity contribution is 0.0599. The largest absolute Gasteiger partial charge is 0.465 e. The van der Waals surface area contributed by atoms with Crippen molar-refractivity contribution in [2.75, 3.05) is 7.11 Å². The summed E-state index contributed by atoms with van der Waals surface area (Å²) in [6.45, 7) is 0. The van der Waals surface area contributed by atoms with Crippen LogP contribution in [-0.4, -0.2) is 13.1 Å². The Hall–Kier alpha value is -0.480. The number of methoxy groups -OCH3 is 1. The van der Waals surface area contributed by atoms with Gasteiger partial charge in [-0.05, 0) is 33.6 Å². The fourth-order valence-electron chi connectivity index (χ4n) is 0.937. The summed E-state index contributed by atoms with van der Waals surface area (Å²) in [6, 6.07) is 5.49. The molecule has 1 rings (SSSR count). The number of thiol groups is 1. The van der Waals surface area contributed by atoms with Gasteiger partial charge in [0.15, 0.2) is 0 Å². The van der Waals surface area contributed by atoms with Crippen LogP contribution in [0.5, 0.6) is 0 Å². The minimum absolute atomic E-state index is 0.337. The highest BCUT2D eigenvalue weighted by molar-refractivity contribution is 9.10. The maximum atomic E-state index is 11.2. The van der Waals surface area contributed by atoms with Crippen LogP contribution in [-0.2, 0) is 10.5 Å². The number of hydrogen-bond acceptors (Lipinski definition) is 3. The van der Waals surface area contributed by atoms with Crippen molar-refractivity contribution in [3.05, 3.63) is 33.8 Å². The van der Waals surface area contributed by atoms with Crippen molar-refractivity contribution in [1.29, 1.82) is 0 Å². The summed E-state index contributed by atoms with van der Waals surface area (Å²) in [5.74, 6) is 0.271. The number of halogens is 1. The molecule has 0 aliphatic rings. The molecule has 0 aliphatic heterocycles. The van der Waals surface area contributed by atoms with Crippen LogP contribution in [0.2, 0.25) is 0 Å². The van der Waals surface area contributed by atoms with E-state index in [0.717, 1.165) is 10.0 Å². The molecule has 1 aromatic rings. The van der Waals surface area contributed by atoms with E-state index in [2.05, 4.69) is 33.3 Å². The quantitative estimate of drug-likeness (QED) is 0.654. The van der Waals surface area contributed by atoms with Crippen LogP contribution in [0.3, 0.4) is 0 Å². The fraction of sp³-hybridized carbons (Fsp3) is 0.222. The molecule has 0 unspecified atom stereocenters. The Morgan fingerprint density at radius 3 is 2.85 bits per heavy atom. The van der Waals surface area contributed by atoms with Gasteiger partial charge in [0, 0.05) is 10.2 Å². The zero-order valence-electron chi connectivity index (χ0n) is 7.08. The molecular weight excluding hydrogens is 252 g/mol. The Morgan fingerprint density at radius 1 is 1.62 bits per heavy atom. The lowest BCUT2D eigenvalue weighted by atomic mass is 10.1. The Balaban J connectivity index is 3.11. The minimum Gasteiger partial charge on any atom is -0.465 e. The lowest BCUT2D eigenvalue weighted by Gasteiger charge is -2.03. The first-order valence-corrected chi connectivity index (χ1v) is 5.09. The topological polar surface area (TPSA) is 26.3 Å². The fourth-order valence-corrected chi connectivity index (χ4v) is 1.54. The van der Waals surface area contributed by atoms with E-state index < -0.39 is 0 Å². The predicted octanol–water partition coefficient (Wildman–Crippen LogP) is 2.67. The van der Waals surface area contributed by atoms with Crippen molar-refractivity contribution in [2.24, 2.45) is 0 Å². The molecule has 0 atom stereocenters. The van der Waals surface area contributed by atoms with Crippen molar-refractivity contribution < 1.29 is 9.53 Å². The third-order valence-corrected chi connectivity index (χ3v) is 2.68. The minimum atomic E-state index is -0.337. The van der Waals surface area contributed by atoms with Gasteiger partial charge in [-0.25, -0.2) is 4.79 Å². The van der Waals surface area contributed by atoms with E-state index in [4.69, 9.17) is 0 Å². The Kier molecular flexibility index (Phi) is 3.81. The summed E-state index contributed by atoms with van der Waals surface area (Å²) in [5.41, 5.74) is 1.53. The molecule has 0 aliphatic carbocycles. The van der Waals surface area contributed by atoms with Gasteiger partial charge in [0.1, 0.15) is 0 Å². The molecule has 70 valence electrons. The van der Waals surface area contributed by atoms with Gasteiger partial charge >= 0.3 is 5.97 Å². The summed E-state index contributed by atoms with van der Waals surface area (Å²) in [4.78, 5) is 11.2. The Labute approximate surface area is 90.8 Å². The molecule has 0 aromatic heterocycles. The van der Waals surface area contributed by atoms with Crippen LogP contribution in [0.4, 0.5) is 0 Å². The van der Waals surface area contributed by atoms with Gasteiger partial charge in [-0.3, -0.25) is 0 Å². The Bertz CT molecular complexity index is 325. The maximum absolute atomic E-state index is 11.2. The highest BCUT2D eigenvalue weighted by atomic mass is 79.9. The number of benzene rings is 1. The monoisotopic (exact) mass is 260 g/mol. The standard InChI is InChI=1S/C9H9BrO2S/c1-12-9(11)7-4-6(5-13)2-3-8(7)10/h2-4,13H,5H2,1H3. The molecule has 0 radical (unpaired) electrons. The normalized spacial score (nSPS) is 9.77. The Morgan fingerprint density at radius 2 is 2.31 bits per heavy atom. The summed E-state index contributed by atoms with van der Waals surface area (Å²) >= 11 is 7.40. The highest BCUT2D eigenvalue weighted by Gasteiger charge is 2.09. The molecule has 4 heteroatoms. The molecule has 0 bridgehead atoms. The summed E-state index contributed by atoms with van der Waals surface area (Å²) < 4.78 is 5.36. The van der Waals surface area contributed by atoms with Crippen molar-refractivity contribution in [1.82, 2.24) is 0 Å². The number of rotatable bonds is 2. The molecule has 0 N–H and O–H groups in total. The summed E-state index contributed by atoms with van der Waals surface area (Å²) in [6.07, 6.45) is 0. The molecule has 0 saturated carbocycles. The van der Waals surface area contributed by atoms with Gasteiger partial charge in [0.05, 0.1) is 12.7 Å². The van der Waals surface area contributed by atoms with E-state index in [0.29, 0.717) is 11.3 Å². The van der Waals surface area contributed by atoms with Crippen LogP contribution < -0.4 is 0 Å². The molecule has 0 amide bonds. The van der Waals surface area contributed by atoms with E-state index in [1.54, 1.807) is 6.07 Å². The molecule has 1 aromatic carbocycles. The third-order valence-electron chi connectivity index (χ3n) is 1.62. The summed E-state index contributed by atoms with van der Waals surface area (Å²) in [5, 5.41) is 0. The second-order valence-electron chi connectivity index (χ2n) is 2.46. The van der Waals surface area contributed by atoms with Gasteiger partial charge in [0.25, 0.3) is 0 Å². The molecule has 0 saturated heterocycles. The molecular formula is C9H9BrO2S. The van der Waals surface area contributed by atoms with Crippen LogP contribution >= 0.6 is 28.6 Å². The maximum Gasteiger partial charge on any atom is 0.339 e. The van der Waals surface area contributed by atoms with Gasteiger partial charge in [-0.1, -0.05) is 6.07 Å². The number of carbonyl (C=O) groups is 1. The predicted molar refractivity (Wildman–Crippen MR) is 58.2 cm³/mol. The number of carbonyl (C=O) groups excluding carboxylic acids is 1. The van der Waals surface area contributed by atoms with Gasteiger partial charge < -0.3 is 4.74 Å². The third kappa shape index (κ3) is 2.48.